The molecule has 0 aromatic carbocycles. The number of hydrogen-bond acceptors (Lipinski definition) is 5. The molecule has 6 nitrogen and oxygen atoms in total. The fourth-order valence-electron chi connectivity index (χ4n) is 1.69. The van der Waals surface area contributed by atoms with Gasteiger partial charge >= 0.3 is 0 Å². The second-order valence-corrected chi connectivity index (χ2v) is 5.10. The van der Waals surface area contributed by atoms with Gasteiger partial charge in [0.1, 0.15) is 0 Å². The summed E-state index contributed by atoms with van der Waals surface area (Å²) in [5.41, 5.74) is 1.26. The van der Waals surface area contributed by atoms with Gasteiger partial charge in [0.25, 0.3) is 0 Å². The summed E-state index contributed by atoms with van der Waals surface area (Å²) in [6, 6.07) is 2.10. The Hall–Kier alpha value is -1.16. The van der Waals surface area contributed by atoms with Crippen molar-refractivity contribution >= 4 is 41.3 Å². The van der Waals surface area contributed by atoms with Crippen LogP contribution >= 0.6 is 35.3 Å². The lowest BCUT2D eigenvalue weighted by molar-refractivity contribution is 0.372. The van der Waals surface area contributed by atoms with Gasteiger partial charge in [-0.25, -0.2) is 0 Å². The average Bonchev–Trinajstić information content (AvgIpc) is 3.09. The Kier molecular flexibility index (Phi) is 8.28. The predicted molar refractivity (Wildman–Crippen MR) is 95.3 cm³/mol. The first-order valence-corrected chi connectivity index (χ1v) is 7.47. The normalized spacial score (nSPS) is 11.0. The number of nitrogens with one attached hydrogen (secondary N) is 2. The van der Waals surface area contributed by atoms with Crippen molar-refractivity contribution in [2.75, 3.05) is 13.6 Å². The van der Waals surface area contributed by atoms with Gasteiger partial charge in [-0.15, -0.1) is 24.0 Å². The van der Waals surface area contributed by atoms with Crippen LogP contribution in [-0.4, -0.2) is 29.7 Å². The zero-order chi connectivity index (χ0) is 14.2. The highest BCUT2D eigenvalue weighted by molar-refractivity contribution is 14.0. The van der Waals surface area contributed by atoms with E-state index in [4.69, 9.17) is 4.52 Å². The van der Waals surface area contributed by atoms with Crippen molar-refractivity contribution < 1.29 is 4.52 Å². The maximum atomic E-state index is 5.06. The van der Waals surface area contributed by atoms with Crippen LogP contribution in [0, 0.1) is 6.92 Å². The highest BCUT2D eigenvalue weighted by Crippen LogP contribution is 2.04. The summed E-state index contributed by atoms with van der Waals surface area (Å²) < 4.78 is 5.06. The second-order valence-electron chi connectivity index (χ2n) is 4.32. The molecule has 2 rings (SSSR count). The molecule has 0 atom stereocenters. The molecule has 116 valence electrons. The van der Waals surface area contributed by atoms with E-state index < -0.39 is 0 Å². The lowest BCUT2D eigenvalue weighted by Crippen LogP contribution is -2.37. The average molecular weight is 421 g/mol. The third-order valence-corrected chi connectivity index (χ3v) is 3.43. The molecule has 2 aromatic rings. The summed E-state index contributed by atoms with van der Waals surface area (Å²) in [5.74, 6) is 2.17. The SMILES string of the molecule is CN=C(NCCCc1nc(C)no1)NCc1ccsc1.I. The minimum absolute atomic E-state index is 0. The number of hydrogen-bond donors (Lipinski definition) is 2. The predicted octanol–water partition coefficient (Wildman–Crippen LogP) is 2.36. The molecule has 8 heteroatoms. The highest BCUT2D eigenvalue weighted by atomic mass is 127. The van der Waals surface area contributed by atoms with Crippen LogP contribution in [0.4, 0.5) is 0 Å². The lowest BCUT2D eigenvalue weighted by Gasteiger charge is -2.10. The van der Waals surface area contributed by atoms with Crippen LogP contribution in [0.1, 0.15) is 23.7 Å². The fourth-order valence-corrected chi connectivity index (χ4v) is 2.36. The summed E-state index contributed by atoms with van der Waals surface area (Å²) in [4.78, 5) is 8.35. The van der Waals surface area contributed by atoms with Crippen LogP contribution in [0.5, 0.6) is 0 Å². The van der Waals surface area contributed by atoms with Crippen LogP contribution in [0.15, 0.2) is 26.3 Å². The Bertz CT molecular complexity index is 541. The summed E-state index contributed by atoms with van der Waals surface area (Å²) in [6.45, 7) is 3.41. The number of halogens is 1. The van der Waals surface area contributed by atoms with Crippen molar-refractivity contribution in [3.05, 3.63) is 34.1 Å². The van der Waals surface area contributed by atoms with Crippen molar-refractivity contribution in [1.29, 1.82) is 0 Å². The number of aromatic nitrogens is 2. The molecule has 0 saturated heterocycles. The number of aliphatic imine (C=N–C) groups is 1. The van der Waals surface area contributed by atoms with Crippen molar-refractivity contribution in [3.8, 4) is 0 Å². The molecule has 0 amide bonds. The Morgan fingerprint density at radius 2 is 2.29 bits per heavy atom. The minimum atomic E-state index is 0. The molecule has 0 bridgehead atoms. The van der Waals surface area contributed by atoms with E-state index in [1.807, 2.05) is 6.92 Å². The first-order chi connectivity index (χ1) is 9.78. The summed E-state index contributed by atoms with van der Waals surface area (Å²) in [6.07, 6.45) is 1.69. The van der Waals surface area contributed by atoms with Crippen LogP contribution in [-0.2, 0) is 13.0 Å². The van der Waals surface area contributed by atoms with E-state index in [0.29, 0.717) is 11.7 Å². The first-order valence-electron chi connectivity index (χ1n) is 6.52. The largest absolute Gasteiger partial charge is 0.356 e. The molecule has 0 aliphatic rings. The van der Waals surface area contributed by atoms with E-state index >= 15 is 0 Å². The molecule has 2 heterocycles. The van der Waals surface area contributed by atoms with Crippen LogP contribution in [0.2, 0.25) is 0 Å². The molecular weight excluding hydrogens is 401 g/mol. The first kappa shape index (κ1) is 17.9. The van der Waals surface area contributed by atoms with E-state index in [0.717, 1.165) is 31.9 Å². The van der Waals surface area contributed by atoms with Gasteiger partial charge in [-0.3, -0.25) is 4.99 Å². The fraction of sp³-hybridized carbons (Fsp3) is 0.462. The third-order valence-electron chi connectivity index (χ3n) is 2.69. The van der Waals surface area contributed by atoms with Crippen molar-refractivity contribution in [2.45, 2.75) is 26.3 Å². The highest BCUT2D eigenvalue weighted by Gasteiger charge is 2.03. The van der Waals surface area contributed by atoms with E-state index in [-0.39, 0.29) is 24.0 Å². The molecule has 0 radical (unpaired) electrons. The number of aryl methyl sites for hydroxylation is 2. The quantitative estimate of drug-likeness (QED) is 0.324. The molecule has 2 aromatic heterocycles. The van der Waals surface area contributed by atoms with Gasteiger partial charge in [-0.2, -0.15) is 16.3 Å². The van der Waals surface area contributed by atoms with Gasteiger partial charge in [-0.1, -0.05) is 5.16 Å². The monoisotopic (exact) mass is 421 g/mol. The Labute approximate surface area is 145 Å². The van der Waals surface area contributed by atoms with Gasteiger partial charge in [-0.05, 0) is 35.7 Å². The second kappa shape index (κ2) is 9.72. The summed E-state index contributed by atoms with van der Waals surface area (Å²) in [7, 11) is 1.77. The van der Waals surface area contributed by atoms with Crippen LogP contribution < -0.4 is 10.6 Å². The smallest absolute Gasteiger partial charge is 0.226 e. The van der Waals surface area contributed by atoms with Crippen LogP contribution in [0.3, 0.4) is 0 Å². The summed E-state index contributed by atoms with van der Waals surface area (Å²) in [5, 5.41) is 14.5. The molecule has 0 saturated carbocycles. The lowest BCUT2D eigenvalue weighted by atomic mass is 10.3. The van der Waals surface area contributed by atoms with Crippen LogP contribution in [0.25, 0.3) is 0 Å². The Morgan fingerprint density at radius 1 is 1.43 bits per heavy atom. The zero-order valence-electron chi connectivity index (χ0n) is 12.1. The van der Waals surface area contributed by atoms with Crippen molar-refractivity contribution in [2.24, 2.45) is 4.99 Å². The summed E-state index contributed by atoms with van der Waals surface area (Å²) >= 11 is 1.70. The van der Waals surface area contributed by atoms with E-state index in [9.17, 15) is 0 Å². The van der Waals surface area contributed by atoms with E-state index in [1.165, 1.54) is 5.56 Å². The molecule has 0 aliphatic carbocycles. The zero-order valence-corrected chi connectivity index (χ0v) is 15.3. The van der Waals surface area contributed by atoms with Gasteiger partial charge < -0.3 is 15.2 Å². The maximum Gasteiger partial charge on any atom is 0.226 e. The van der Waals surface area contributed by atoms with Gasteiger partial charge in [0.05, 0.1) is 0 Å². The Balaban J connectivity index is 0.00000220. The molecule has 0 aliphatic heterocycles. The van der Waals surface area contributed by atoms with Gasteiger partial charge in [0.15, 0.2) is 11.8 Å². The molecular formula is C13H20IN5OS. The molecule has 21 heavy (non-hydrogen) atoms. The standard InChI is InChI=1S/C13H19N5OS.HI/c1-10-17-12(19-18-10)4-3-6-15-13(14-2)16-8-11-5-7-20-9-11;/h5,7,9H,3-4,6,8H2,1-2H3,(H2,14,15,16);1H. The van der Waals surface area contributed by atoms with Gasteiger partial charge in [0.2, 0.25) is 5.89 Å². The van der Waals surface area contributed by atoms with Gasteiger partial charge in [0, 0.05) is 26.6 Å². The molecule has 2 N–H and O–H groups in total. The molecule has 0 spiro atoms. The van der Waals surface area contributed by atoms with Crippen molar-refractivity contribution in [3.63, 3.8) is 0 Å². The number of rotatable bonds is 6. The van der Waals surface area contributed by atoms with Crippen molar-refractivity contribution in [1.82, 2.24) is 20.8 Å². The third kappa shape index (κ3) is 6.42. The van der Waals surface area contributed by atoms with E-state index in [2.05, 4.69) is 42.6 Å². The number of nitrogens with zero attached hydrogens (tertiary/aromatic N) is 3. The number of thiophene rings is 1. The minimum Gasteiger partial charge on any atom is -0.356 e. The molecule has 0 fully saturated rings. The number of guanidine groups is 1. The topological polar surface area (TPSA) is 75.3 Å². The van der Waals surface area contributed by atoms with E-state index in [1.54, 1.807) is 18.4 Å². The molecule has 0 unspecified atom stereocenters. The maximum absolute atomic E-state index is 5.06. The Morgan fingerprint density at radius 3 is 2.90 bits per heavy atom.